The number of aromatic nitrogens is 2. The maximum atomic E-state index is 13.5. The Hall–Kier alpha value is -3.06. The smallest absolute Gasteiger partial charge is 0.227 e. The molecule has 2 saturated heterocycles. The third-order valence-electron chi connectivity index (χ3n) is 7.00. The Balaban J connectivity index is 1.23. The van der Waals surface area contributed by atoms with Gasteiger partial charge in [0, 0.05) is 62.2 Å². The van der Waals surface area contributed by atoms with Gasteiger partial charge in [-0.05, 0) is 50.5 Å². The summed E-state index contributed by atoms with van der Waals surface area (Å²) in [6.45, 7) is 9.19. The van der Waals surface area contributed by atoms with E-state index in [1.54, 1.807) is 24.2 Å². The van der Waals surface area contributed by atoms with Crippen molar-refractivity contribution in [3.63, 3.8) is 0 Å². The number of amides is 1. The summed E-state index contributed by atoms with van der Waals surface area (Å²) < 4.78 is 0. The largest absolute Gasteiger partial charge is 0.368 e. The van der Waals surface area contributed by atoms with Crippen molar-refractivity contribution in [2.75, 3.05) is 49.1 Å². The molecule has 182 valence electrons. The van der Waals surface area contributed by atoms with Crippen molar-refractivity contribution in [3.8, 4) is 0 Å². The second-order valence-electron chi connectivity index (χ2n) is 9.48. The number of benzene rings is 2. The molecule has 0 saturated carbocycles. The third-order valence-corrected chi connectivity index (χ3v) is 7.99. The first kappa shape index (κ1) is 23.7. The van der Waals surface area contributed by atoms with Crippen LogP contribution in [0.1, 0.15) is 24.0 Å². The Kier molecular flexibility index (Phi) is 7.23. The number of piperazine rings is 1. The molecule has 35 heavy (non-hydrogen) atoms. The fraction of sp³-hybridized carbons (Fsp3) is 0.393. The van der Waals surface area contributed by atoms with Crippen molar-refractivity contribution in [1.82, 2.24) is 14.9 Å². The molecule has 3 aromatic rings. The van der Waals surface area contributed by atoms with Crippen molar-refractivity contribution in [1.29, 1.82) is 0 Å². The molecule has 1 aromatic heterocycles. The number of nitrogens with zero attached hydrogens (tertiary/aromatic N) is 5. The molecule has 0 unspecified atom stereocenters. The van der Waals surface area contributed by atoms with Crippen molar-refractivity contribution < 1.29 is 4.79 Å². The van der Waals surface area contributed by atoms with E-state index in [4.69, 9.17) is 0 Å². The minimum absolute atomic E-state index is 0.00740. The molecule has 0 spiro atoms. The standard InChI is InChI=1S/C28H33N5OS/c1-21-9-11-24(12-10-21)35-27-26(29-13-14-30-27)33-15-5-7-23(20-33)28(34)32-18-16-31(17-19-32)25-8-4-3-6-22(25)2/h3-4,6,8-14,23H,5,7,15-20H2,1-2H3/t23-/m1/s1. The predicted molar refractivity (Wildman–Crippen MR) is 142 cm³/mol. The van der Waals surface area contributed by atoms with Crippen LogP contribution in [0, 0.1) is 19.8 Å². The highest BCUT2D eigenvalue weighted by Crippen LogP contribution is 2.34. The lowest BCUT2D eigenvalue weighted by molar-refractivity contribution is -0.136. The van der Waals surface area contributed by atoms with Crippen LogP contribution in [0.15, 0.2) is 70.8 Å². The average molecular weight is 488 g/mol. The van der Waals surface area contributed by atoms with Crippen LogP contribution in [-0.2, 0) is 4.79 Å². The lowest BCUT2D eigenvalue weighted by atomic mass is 9.96. The number of aryl methyl sites for hydroxylation is 2. The predicted octanol–water partition coefficient (Wildman–Crippen LogP) is 4.81. The zero-order chi connectivity index (χ0) is 24.2. The van der Waals surface area contributed by atoms with E-state index in [-0.39, 0.29) is 11.8 Å². The molecule has 5 rings (SSSR count). The number of piperidine rings is 1. The van der Waals surface area contributed by atoms with E-state index in [2.05, 4.69) is 87.0 Å². The van der Waals surface area contributed by atoms with Crippen LogP contribution in [0.25, 0.3) is 0 Å². The molecular weight excluding hydrogens is 454 g/mol. The third kappa shape index (κ3) is 5.45. The first-order valence-corrected chi connectivity index (χ1v) is 13.3. The minimum atomic E-state index is 0.00740. The van der Waals surface area contributed by atoms with Gasteiger partial charge in [0.25, 0.3) is 0 Å². The van der Waals surface area contributed by atoms with Crippen LogP contribution in [0.4, 0.5) is 11.5 Å². The second kappa shape index (κ2) is 10.7. The van der Waals surface area contributed by atoms with Gasteiger partial charge in [0.05, 0.1) is 5.92 Å². The van der Waals surface area contributed by atoms with Crippen molar-refractivity contribution >= 4 is 29.2 Å². The maximum Gasteiger partial charge on any atom is 0.227 e. The summed E-state index contributed by atoms with van der Waals surface area (Å²) >= 11 is 1.64. The molecule has 6 nitrogen and oxygen atoms in total. The number of hydrogen-bond acceptors (Lipinski definition) is 6. The highest BCUT2D eigenvalue weighted by Gasteiger charge is 2.32. The normalized spacial score (nSPS) is 18.6. The fourth-order valence-electron chi connectivity index (χ4n) is 5.04. The molecule has 2 aliphatic rings. The van der Waals surface area contributed by atoms with Gasteiger partial charge in [0.2, 0.25) is 5.91 Å². The summed E-state index contributed by atoms with van der Waals surface area (Å²) in [6.07, 6.45) is 5.43. The minimum Gasteiger partial charge on any atom is -0.368 e. The zero-order valence-electron chi connectivity index (χ0n) is 20.6. The molecule has 1 atom stereocenters. The van der Waals surface area contributed by atoms with E-state index < -0.39 is 0 Å². The lowest BCUT2D eigenvalue weighted by Gasteiger charge is -2.40. The van der Waals surface area contributed by atoms with E-state index >= 15 is 0 Å². The number of rotatable bonds is 5. The average Bonchev–Trinajstić information content (AvgIpc) is 2.90. The molecule has 2 fully saturated rings. The molecule has 1 amide bonds. The van der Waals surface area contributed by atoms with E-state index in [1.165, 1.54) is 16.8 Å². The summed E-state index contributed by atoms with van der Waals surface area (Å²) in [5, 5.41) is 0.899. The van der Waals surface area contributed by atoms with Gasteiger partial charge < -0.3 is 14.7 Å². The second-order valence-corrected chi connectivity index (χ2v) is 10.5. The van der Waals surface area contributed by atoms with Gasteiger partial charge in [-0.1, -0.05) is 47.7 Å². The van der Waals surface area contributed by atoms with Crippen LogP contribution < -0.4 is 9.80 Å². The SMILES string of the molecule is Cc1ccc(Sc2nccnc2N2CCC[C@@H](C(=O)N3CCN(c4ccccc4C)CC3)C2)cc1. The number of para-hydroxylation sites is 1. The Morgan fingerprint density at radius 2 is 1.63 bits per heavy atom. The molecule has 0 N–H and O–H groups in total. The van der Waals surface area contributed by atoms with E-state index in [1.807, 2.05) is 0 Å². The Morgan fingerprint density at radius 3 is 2.40 bits per heavy atom. The van der Waals surface area contributed by atoms with E-state index in [9.17, 15) is 4.79 Å². The quantitative estimate of drug-likeness (QED) is 0.515. The summed E-state index contributed by atoms with van der Waals surface area (Å²) in [5.74, 6) is 1.18. The maximum absolute atomic E-state index is 13.5. The van der Waals surface area contributed by atoms with Gasteiger partial charge in [-0.15, -0.1) is 0 Å². The first-order chi connectivity index (χ1) is 17.1. The van der Waals surface area contributed by atoms with Crippen molar-refractivity contribution in [2.45, 2.75) is 36.6 Å². The topological polar surface area (TPSA) is 52.6 Å². The molecule has 7 heteroatoms. The number of hydrogen-bond donors (Lipinski definition) is 0. The molecular formula is C28H33N5OS. The Bertz CT molecular complexity index is 1160. The van der Waals surface area contributed by atoms with Crippen LogP contribution in [0.3, 0.4) is 0 Å². The van der Waals surface area contributed by atoms with Gasteiger partial charge in [0.15, 0.2) is 5.82 Å². The molecule has 3 heterocycles. The summed E-state index contributed by atoms with van der Waals surface area (Å²) in [4.78, 5) is 30.7. The Morgan fingerprint density at radius 1 is 0.886 bits per heavy atom. The first-order valence-electron chi connectivity index (χ1n) is 12.5. The number of carbonyl (C=O) groups is 1. The van der Waals surface area contributed by atoms with Gasteiger partial charge in [-0.25, -0.2) is 9.97 Å². The highest BCUT2D eigenvalue weighted by atomic mass is 32.2. The Labute approximate surface area is 212 Å². The van der Waals surface area contributed by atoms with Crippen LogP contribution >= 0.6 is 11.8 Å². The number of carbonyl (C=O) groups excluding carboxylic acids is 1. The van der Waals surface area contributed by atoms with Crippen LogP contribution in [-0.4, -0.2) is 60.0 Å². The van der Waals surface area contributed by atoms with Crippen molar-refractivity contribution in [2.24, 2.45) is 5.92 Å². The highest BCUT2D eigenvalue weighted by molar-refractivity contribution is 7.99. The lowest BCUT2D eigenvalue weighted by Crippen LogP contribution is -2.52. The summed E-state index contributed by atoms with van der Waals surface area (Å²) in [5.41, 5.74) is 3.81. The van der Waals surface area contributed by atoms with E-state index in [0.29, 0.717) is 6.54 Å². The summed E-state index contributed by atoms with van der Waals surface area (Å²) in [7, 11) is 0. The molecule has 0 radical (unpaired) electrons. The van der Waals surface area contributed by atoms with Gasteiger partial charge in [0.1, 0.15) is 5.03 Å². The monoisotopic (exact) mass is 487 g/mol. The van der Waals surface area contributed by atoms with Gasteiger partial charge in [-0.3, -0.25) is 4.79 Å². The van der Waals surface area contributed by atoms with Crippen LogP contribution in [0.5, 0.6) is 0 Å². The van der Waals surface area contributed by atoms with Crippen LogP contribution in [0.2, 0.25) is 0 Å². The molecule has 0 bridgehead atoms. The molecule has 2 aliphatic heterocycles. The van der Waals surface area contributed by atoms with Gasteiger partial charge >= 0.3 is 0 Å². The summed E-state index contributed by atoms with van der Waals surface area (Å²) in [6, 6.07) is 17.0. The van der Waals surface area contributed by atoms with Crippen molar-refractivity contribution in [3.05, 3.63) is 72.1 Å². The number of anilines is 2. The molecule has 2 aromatic carbocycles. The molecule has 0 aliphatic carbocycles. The van der Waals surface area contributed by atoms with Gasteiger partial charge in [-0.2, -0.15) is 0 Å². The van der Waals surface area contributed by atoms with E-state index in [0.717, 1.165) is 61.3 Å². The fourth-order valence-corrected chi connectivity index (χ4v) is 5.92. The zero-order valence-corrected chi connectivity index (χ0v) is 21.4.